The average molecular weight is 307 g/mol. The normalized spacial score (nSPS) is 13.4. The third-order valence-corrected chi connectivity index (χ3v) is 3.49. The quantitative estimate of drug-likeness (QED) is 0.652. The van der Waals surface area contributed by atoms with Crippen molar-refractivity contribution in [3.05, 3.63) is 35.9 Å². The predicted octanol–water partition coefficient (Wildman–Crippen LogP) is 2.77. The second-order valence-electron chi connectivity index (χ2n) is 5.34. The summed E-state index contributed by atoms with van der Waals surface area (Å²) in [4.78, 5) is 23.2. The van der Waals surface area contributed by atoms with Crippen molar-refractivity contribution in [3.63, 3.8) is 0 Å². The van der Waals surface area contributed by atoms with E-state index in [0.29, 0.717) is 6.61 Å². The molecule has 0 spiro atoms. The molecule has 122 valence electrons. The van der Waals surface area contributed by atoms with Crippen LogP contribution in [0, 0.1) is 5.92 Å². The molecule has 0 aromatic heterocycles. The smallest absolute Gasteiger partial charge is 0.308 e. The average Bonchev–Trinajstić information content (AvgIpc) is 2.52. The van der Waals surface area contributed by atoms with Crippen molar-refractivity contribution in [2.75, 3.05) is 13.2 Å². The largest absolute Gasteiger partial charge is 0.481 e. The molecule has 0 aliphatic rings. The molecule has 1 aromatic carbocycles. The Morgan fingerprint density at radius 3 is 2.50 bits per heavy atom. The Bertz CT molecular complexity index is 461. The van der Waals surface area contributed by atoms with E-state index in [-0.39, 0.29) is 12.5 Å². The van der Waals surface area contributed by atoms with Crippen LogP contribution in [0.3, 0.4) is 0 Å². The molecule has 5 nitrogen and oxygen atoms in total. The van der Waals surface area contributed by atoms with Crippen LogP contribution in [-0.2, 0) is 14.3 Å². The highest BCUT2D eigenvalue weighted by atomic mass is 16.5. The highest BCUT2D eigenvalue weighted by molar-refractivity contribution is 5.79. The molecule has 2 unspecified atom stereocenters. The second kappa shape index (κ2) is 9.95. The fraction of sp³-hybridized carbons (Fsp3) is 0.529. The van der Waals surface area contributed by atoms with Crippen molar-refractivity contribution >= 4 is 11.9 Å². The minimum absolute atomic E-state index is 0.0423. The third-order valence-electron chi connectivity index (χ3n) is 3.49. The third kappa shape index (κ3) is 6.26. The fourth-order valence-corrected chi connectivity index (χ4v) is 2.13. The van der Waals surface area contributed by atoms with Gasteiger partial charge < -0.3 is 15.2 Å². The van der Waals surface area contributed by atoms with Gasteiger partial charge >= 0.3 is 5.97 Å². The zero-order chi connectivity index (χ0) is 16.4. The van der Waals surface area contributed by atoms with E-state index in [0.717, 1.165) is 24.8 Å². The molecule has 2 N–H and O–H groups in total. The molecule has 2 atom stereocenters. The van der Waals surface area contributed by atoms with Crippen molar-refractivity contribution in [1.82, 2.24) is 5.32 Å². The van der Waals surface area contributed by atoms with Crippen LogP contribution < -0.4 is 5.32 Å². The van der Waals surface area contributed by atoms with Gasteiger partial charge in [-0.15, -0.1) is 0 Å². The minimum atomic E-state index is -0.946. The van der Waals surface area contributed by atoms with E-state index in [2.05, 4.69) is 12.2 Å². The molecule has 0 heterocycles. The summed E-state index contributed by atoms with van der Waals surface area (Å²) in [7, 11) is 0. The molecule has 1 aromatic rings. The van der Waals surface area contributed by atoms with Gasteiger partial charge in [0.1, 0.15) is 6.61 Å². The van der Waals surface area contributed by atoms with Gasteiger partial charge in [-0.25, -0.2) is 0 Å². The number of carbonyl (C=O) groups excluding carboxylic acids is 1. The maximum absolute atomic E-state index is 12.0. The summed E-state index contributed by atoms with van der Waals surface area (Å²) < 4.78 is 5.32. The number of hydrogen-bond acceptors (Lipinski definition) is 3. The molecule has 0 bridgehead atoms. The fourth-order valence-electron chi connectivity index (χ4n) is 2.13. The molecule has 0 saturated carbocycles. The van der Waals surface area contributed by atoms with Gasteiger partial charge in [0, 0.05) is 6.61 Å². The number of carboxylic acid groups (broad SMARTS) is 1. The number of aliphatic carboxylic acids is 1. The molecule has 0 saturated heterocycles. The summed E-state index contributed by atoms with van der Waals surface area (Å²) >= 11 is 0. The first-order chi connectivity index (χ1) is 10.6. The van der Waals surface area contributed by atoms with E-state index in [1.54, 1.807) is 6.92 Å². The maximum Gasteiger partial charge on any atom is 0.308 e. The minimum Gasteiger partial charge on any atom is -0.481 e. The number of carbonyl (C=O) groups is 2. The summed E-state index contributed by atoms with van der Waals surface area (Å²) in [6, 6.07) is 8.56. The van der Waals surface area contributed by atoms with Crippen LogP contribution >= 0.6 is 0 Å². The summed E-state index contributed by atoms with van der Waals surface area (Å²) in [5.74, 6) is -1.96. The molecular weight excluding hydrogens is 282 g/mol. The lowest BCUT2D eigenvalue weighted by atomic mass is 9.94. The second-order valence-corrected chi connectivity index (χ2v) is 5.34. The van der Waals surface area contributed by atoms with Crippen molar-refractivity contribution < 1.29 is 19.4 Å². The van der Waals surface area contributed by atoms with Crippen LogP contribution in [0.4, 0.5) is 0 Å². The summed E-state index contributed by atoms with van der Waals surface area (Å²) in [5.41, 5.74) is 0.775. The Balaban J connectivity index is 2.58. The first-order valence-electron chi connectivity index (χ1n) is 7.71. The number of amides is 1. The molecule has 5 heteroatoms. The van der Waals surface area contributed by atoms with E-state index in [1.165, 1.54) is 0 Å². The monoisotopic (exact) mass is 307 g/mol. The van der Waals surface area contributed by atoms with Crippen molar-refractivity contribution in [3.8, 4) is 0 Å². The Morgan fingerprint density at radius 2 is 1.91 bits per heavy atom. The number of unbranched alkanes of at least 4 members (excludes halogenated alkanes) is 2. The van der Waals surface area contributed by atoms with Gasteiger partial charge in [-0.3, -0.25) is 9.59 Å². The van der Waals surface area contributed by atoms with Gasteiger partial charge in [-0.05, 0) is 18.9 Å². The number of carboxylic acids is 1. The number of hydrogen-bond donors (Lipinski definition) is 2. The van der Waals surface area contributed by atoms with E-state index in [9.17, 15) is 14.7 Å². The van der Waals surface area contributed by atoms with Gasteiger partial charge in [0.15, 0.2) is 0 Å². The molecule has 0 aliphatic heterocycles. The Kier molecular flexibility index (Phi) is 8.22. The Hall–Kier alpha value is -1.88. The van der Waals surface area contributed by atoms with Gasteiger partial charge in [0.2, 0.25) is 5.91 Å². The lowest BCUT2D eigenvalue weighted by Gasteiger charge is -2.23. The van der Waals surface area contributed by atoms with Crippen LogP contribution in [-0.4, -0.2) is 30.2 Å². The Morgan fingerprint density at radius 1 is 1.23 bits per heavy atom. The maximum atomic E-state index is 12.0. The number of benzene rings is 1. The molecule has 1 rings (SSSR count). The van der Waals surface area contributed by atoms with E-state index in [1.807, 2.05) is 30.3 Å². The molecule has 22 heavy (non-hydrogen) atoms. The van der Waals surface area contributed by atoms with Gasteiger partial charge in [0.25, 0.3) is 0 Å². The Labute approximate surface area is 131 Å². The lowest BCUT2D eigenvalue weighted by molar-refractivity contribution is -0.142. The van der Waals surface area contributed by atoms with E-state index < -0.39 is 17.9 Å². The molecule has 0 aliphatic carbocycles. The van der Waals surface area contributed by atoms with E-state index >= 15 is 0 Å². The summed E-state index contributed by atoms with van der Waals surface area (Å²) in [6.07, 6.45) is 3.10. The number of ether oxygens (including phenoxy) is 1. The number of nitrogens with one attached hydrogen (secondary N) is 1. The van der Waals surface area contributed by atoms with Crippen LogP contribution in [0.1, 0.15) is 44.7 Å². The van der Waals surface area contributed by atoms with Crippen molar-refractivity contribution in [2.24, 2.45) is 5.92 Å². The highest BCUT2D eigenvalue weighted by Gasteiger charge is 2.26. The van der Waals surface area contributed by atoms with Crippen molar-refractivity contribution in [2.45, 2.75) is 39.2 Å². The lowest BCUT2D eigenvalue weighted by Crippen LogP contribution is -2.37. The molecule has 0 radical (unpaired) electrons. The molecular formula is C17H25NO4. The highest BCUT2D eigenvalue weighted by Crippen LogP contribution is 2.22. The van der Waals surface area contributed by atoms with E-state index in [4.69, 9.17) is 4.74 Å². The van der Waals surface area contributed by atoms with Gasteiger partial charge in [-0.1, -0.05) is 50.1 Å². The van der Waals surface area contributed by atoms with Gasteiger partial charge in [0.05, 0.1) is 12.0 Å². The zero-order valence-corrected chi connectivity index (χ0v) is 13.2. The summed E-state index contributed by atoms with van der Waals surface area (Å²) in [5, 5.41) is 12.0. The van der Waals surface area contributed by atoms with Crippen molar-refractivity contribution in [1.29, 1.82) is 0 Å². The SMILES string of the molecule is CCCCCOCC(=O)NC(c1ccccc1)C(C)C(=O)O. The standard InChI is InChI=1S/C17H25NO4/c1-3-4-8-11-22-12-15(19)18-16(13(2)17(20)21)14-9-6-5-7-10-14/h5-7,9-10,13,16H,3-4,8,11-12H2,1-2H3,(H,18,19)(H,20,21). The van der Waals surface area contributed by atoms with Crippen LogP contribution in [0.5, 0.6) is 0 Å². The van der Waals surface area contributed by atoms with Crippen LogP contribution in [0.15, 0.2) is 30.3 Å². The predicted molar refractivity (Wildman–Crippen MR) is 84.5 cm³/mol. The molecule has 1 amide bonds. The number of rotatable bonds is 10. The van der Waals surface area contributed by atoms with Crippen LogP contribution in [0.25, 0.3) is 0 Å². The molecule has 0 fully saturated rings. The topological polar surface area (TPSA) is 75.6 Å². The summed E-state index contributed by atoms with van der Waals surface area (Å²) in [6.45, 7) is 4.19. The first kappa shape index (κ1) is 18.2. The zero-order valence-electron chi connectivity index (χ0n) is 13.2. The first-order valence-corrected chi connectivity index (χ1v) is 7.71. The van der Waals surface area contributed by atoms with Crippen LogP contribution in [0.2, 0.25) is 0 Å². The van der Waals surface area contributed by atoms with Gasteiger partial charge in [-0.2, -0.15) is 0 Å².